The second kappa shape index (κ2) is 16.5. The molecule has 11 nitrogen and oxygen atoms in total. The van der Waals surface area contributed by atoms with Gasteiger partial charge in [0.25, 0.3) is 5.91 Å². The van der Waals surface area contributed by atoms with Crippen LogP contribution in [0, 0.1) is 0 Å². The summed E-state index contributed by atoms with van der Waals surface area (Å²) in [7, 11) is 0. The Morgan fingerprint density at radius 3 is 2.30 bits per heavy atom. The first-order valence-electron chi connectivity index (χ1n) is 11.0. The molecule has 8 N–H and O–H groups in total. The topological polar surface area (TPSA) is 189 Å². The Balaban J connectivity index is 2.16. The van der Waals surface area contributed by atoms with Crippen molar-refractivity contribution in [3.05, 3.63) is 35.4 Å². The van der Waals surface area contributed by atoms with Crippen LogP contribution in [0.3, 0.4) is 0 Å². The molecule has 0 heterocycles. The van der Waals surface area contributed by atoms with Gasteiger partial charge >= 0.3 is 5.97 Å². The smallest absolute Gasteiger partial charge is 0.303 e. The minimum atomic E-state index is -1.09. The number of carbonyl (C=O) groups is 3. The van der Waals surface area contributed by atoms with E-state index in [1.807, 2.05) is 18.2 Å². The predicted octanol–water partition coefficient (Wildman–Crippen LogP) is 0.825. The van der Waals surface area contributed by atoms with Crippen molar-refractivity contribution < 1.29 is 29.4 Å². The lowest BCUT2D eigenvalue weighted by molar-refractivity contribution is -0.139. The second-order valence-corrected chi connectivity index (χ2v) is 7.56. The van der Waals surface area contributed by atoms with E-state index >= 15 is 0 Å². The average molecular weight is 466 g/mol. The van der Waals surface area contributed by atoms with Crippen molar-refractivity contribution in [2.75, 3.05) is 13.2 Å². The van der Waals surface area contributed by atoms with Crippen LogP contribution >= 0.6 is 0 Å². The highest BCUT2D eigenvalue weighted by Gasteiger charge is 2.21. The van der Waals surface area contributed by atoms with E-state index in [-0.39, 0.29) is 31.1 Å². The molecule has 11 heteroatoms. The Morgan fingerprint density at radius 2 is 1.67 bits per heavy atom. The number of rotatable bonds is 17. The SMILES string of the molecule is NC(N)=NCc1ccccc1CCCCOCCCCC(=O)NC(CCC(=O)O)C(=O)NO. The van der Waals surface area contributed by atoms with Crippen LogP contribution in [0.1, 0.15) is 56.1 Å². The summed E-state index contributed by atoms with van der Waals surface area (Å²) in [4.78, 5) is 38.2. The van der Waals surface area contributed by atoms with Gasteiger partial charge in [0, 0.05) is 26.1 Å². The number of guanidine groups is 1. The normalized spacial score (nSPS) is 11.4. The molecule has 1 atom stereocenters. The standard InChI is InChI=1S/C22H35N5O6/c23-22(24)25-15-17-9-2-1-7-16(17)8-3-5-13-33-14-6-4-10-19(28)26-18(21(31)27-32)11-12-20(29)30/h1-2,7,9,18,32H,3-6,8,10-15H2,(H,26,28)(H,27,31)(H,29,30)(H4,23,24,25). The number of ether oxygens (including phenoxy) is 1. The van der Waals surface area contributed by atoms with Gasteiger partial charge in [-0.3, -0.25) is 19.6 Å². The van der Waals surface area contributed by atoms with Crippen molar-refractivity contribution in [2.45, 2.75) is 64.0 Å². The average Bonchev–Trinajstić information content (AvgIpc) is 2.79. The molecule has 1 aromatic carbocycles. The maximum atomic E-state index is 12.0. The van der Waals surface area contributed by atoms with Crippen molar-refractivity contribution in [2.24, 2.45) is 16.5 Å². The van der Waals surface area contributed by atoms with E-state index in [9.17, 15) is 14.4 Å². The Hall–Kier alpha value is -3.18. The number of aryl methyl sites for hydroxylation is 1. The molecule has 33 heavy (non-hydrogen) atoms. The fourth-order valence-corrected chi connectivity index (χ4v) is 3.12. The van der Waals surface area contributed by atoms with Crippen LogP contribution in [0.5, 0.6) is 0 Å². The maximum Gasteiger partial charge on any atom is 0.303 e. The zero-order chi connectivity index (χ0) is 24.5. The minimum Gasteiger partial charge on any atom is -0.481 e. The molecule has 1 rings (SSSR count). The molecule has 0 radical (unpaired) electrons. The lowest BCUT2D eigenvalue weighted by Gasteiger charge is -2.15. The molecule has 0 aliphatic carbocycles. The van der Waals surface area contributed by atoms with Crippen LogP contribution in [0.4, 0.5) is 0 Å². The first-order chi connectivity index (χ1) is 15.8. The van der Waals surface area contributed by atoms with Gasteiger partial charge < -0.3 is 26.6 Å². The summed E-state index contributed by atoms with van der Waals surface area (Å²) in [6.45, 7) is 1.61. The molecule has 1 unspecified atom stereocenters. The number of hydrogen-bond acceptors (Lipinski definition) is 6. The van der Waals surface area contributed by atoms with Gasteiger partial charge in [-0.05, 0) is 49.7 Å². The Morgan fingerprint density at radius 1 is 1.00 bits per heavy atom. The van der Waals surface area contributed by atoms with Crippen LogP contribution in [0.25, 0.3) is 0 Å². The van der Waals surface area contributed by atoms with Gasteiger partial charge in [0.2, 0.25) is 5.91 Å². The van der Waals surface area contributed by atoms with Gasteiger partial charge in [0.1, 0.15) is 6.04 Å². The summed E-state index contributed by atoms with van der Waals surface area (Å²) in [6.07, 6.45) is 3.80. The molecule has 0 aliphatic heterocycles. The van der Waals surface area contributed by atoms with E-state index in [4.69, 9.17) is 26.5 Å². The molecule has 0 saturated carbocycles. The molecule has 0 saturated heterocycles. The number of unbranched alkanes of at least 4 members (excludes halogenated alkanes) is 2. The van der Waals surface area contributed by atoms with E-state index < -0.39 is 17.9 Å². The van der Waals surface area contributed by atoms with Gasteiger partial charge in [-0.2, -0.15) is 0 Å². The Bertz CT molecular complexity index is 782. The molecular formula is C22H35N5O6. The van der Waals surface area contributed by atoms with Crippen molar-refractivity contribution >= 4 is 23.7 Å². The van der Waals surface area contributed by atoms with E-state index in [0.717, 1.165) is 24.8 Å². The highest BCUT2D eigenvalue weighted by atomic mass is 16.5. The summed E-state index contributed by atoms with van der Waals surface area (Å²) >= 11 is 0. The molecule has 0 fully saturated rings. The highest BCUT2D eigenvalue weighted by Crippen LogP contribution is 2.13. The predicted molar refractivity (Wildman–Crippen MR) is 122 cm³/mol. The van der Waals surface area contributed by atoms with Gasteiger partial charge in [-0.1, -0.05) is 24.3 Å². The molecule has 2 amide bonds. The summed E-state index contributed by atoms with van der Waals surface area (Å²) in [5, 5.41) is 19.9. The quantitative estimate of drug-likeness (QED) is 0.0640. The van der Waals surface area contributed by atoms with Crippen LogP contribution in [0.15, 0.2) is 29.3 Å². The summed E-state index contributed by atoms with van der Waals surface area (Å²) in [5.74, 6) is -2.24. The number of carbonyl (C=O) groups excluding carboxylic acids is 2. The summed E-state index contributed by atoms with van der Waals surface area (Å²) < 4.78 is 5.62. The van der Waals surface area contributed by atoms with Crippen LogP contribution < -0.4 is 22.3 Å². The number of nitrogens with two attached hydrogens (primary N) is 2. The molecule has 0 spiro atoms. The highest BCUT2D eigenvalue weighted by molar-refractivity contribution is 5.87. The van der Waals surface area contributed by atoms with Crippen molar-refractivity contribution in [3.8, 4) is 0 Å². The molecule has 0 aromatic heterocycles. The largest absolute Gasteiger partial charge is 0.481 e. The van der Waals surface area contributed by atoms with Crippen molar-refractivity contribution in [1.82, 2.24) is 10.8 Å². The molecule has 184 valence electrons. The number of nitrogens with zero attached hydrogens (tertiary/aromatic N) is 1. The second-order valence-electron chi connectivity index (χ2n) is 7.56. The van der Waals surface area contributed by atoms with E-state index in [1.165, 1.54) is 11.0 Å². The number of carboxylic acids is 1. The monoisotopic (exact) mass is 465 g/mol. The number of aliphatic carboxylic acids is 1. The lowest BCUT2D eigenvalue weighted by atomic mass is 10.0. The number of nitrogens with one attached hydrogen (secondary N) is 2. The Kier molecular flexibility index (Phi) is 13.9. The fourth-order valence-electron chi connectivity index (χ4n) is 3.12. The van der Waals surface area contributed by atoms with Gasteiger partial charge in [-0.15, -0.1) is 0 Å². The third-order valence-electron chi connectivity index (χ3n) is 4.89. The number of benzene rings is 1. The molecule has 1 aromatic rings. The number of amides is 2. The molecular weight excluding hydrogens is 430 g/mol. The van der Waals surface area contributed by atoms with Gasteiger partial charge in [0.05, 0.1) is 6.54 Å². The third kappa shape index (κ3) is 13.1. The van der Waals surface area contributed by atoms with Crippen molar-refractivity contribution in [1.29, 1.82) is 0 Å². The van der Waals surface area contributed by atoms with Crippen LogP contribution in [-0.2, 0) is 32.1 Å². The first kappa shape index (κ1) is 27.9. The Labute approximate surface area is 193 Å². The van der Waals surface area contributed by atoms with E-state index in [1.54, 1.807) is 0 Å². The minimum absolute atomic E-state index is 0.0735. The van der Waals surface area contributed by atoms with Crippen LogP contribution in [0.2, 0.25) is 0 Å². The lowest BCUT2D eigenvalue weighted by Crippen LogP contribution is -2.46. The first-order valence-corrected chi connectivity index (χ1v) is 11.0. The van der Waals surface area contributed by atoms with Gasteiger partial charge in [-0.25, -0.2) is 10.5 Å². The number of hydroxylamine groups is 1. The summed E-state index contributed by atoms with van der Waals surface area (Å²) in [5.41, 5.74) is 14.6. The summed E-state index contributed by atoms with van der Waals surface area (Å²) in [6, 6.07) is 6.95. The number of aliphatic imine (C=N–C) groups is 1. The van der Waals surface area contributed by atoms with E-state index in [2.05, 4.69) is 16.4 Å². The third-order valence-corrected chi connectivity index (χ3v) is 4.89. The van der Waals surface area contributed by atoms with E-state index in [0.29, 0.717) is 32.6 Å². The van der Waals surface area contributed by atoms with Crippen molar-refractivity contribution in [3.63, 3.8) is 0 Å². The molecule has 0 bridgehead atoms. The van der Waals surface area contributed by atoms with Crippen LogP contribution in [-0.4, -0.2) is 53.3 Å². The molecule has 0 aliphatic rings. The zero-order valence-electron chi connectivity index (χ0n) is 18.8. The number of hydrogen-bond donors (Lipinski definition) is 6. The zero-order valence-corrected chi connectivity index (χ0v) is 18.8. The maximum absolute atomic E-state index is 12.0. The van der Waals surface area contributed by atoms with Gasteiger partial charge in [0.15, 0.2) is 5.96 Å². The fraction of sp³-hybridized carbons (Fsp3) is 0.545. The number of carboxylic acid groups (broad SMARTS) is 1.